The maximum Gasteiger partial charge on any atom is 0.338 e. The van der Waals surface area contributed by atoms with E-state index in [2.05, 4.69) is 0 Å². The minimum Gasteiger partial charge on any atom is -0.595 e. The second-order valence-corrected chi connectivity index (χ2v) is 6.48. The number of fused-ring (bicyclic) bond motifs is 1. The number of hydrogen-bond acceptors (Lipinski definition) is 3. The molecule has 3 aromatic carbocycles. The maximum absolute atomic E-state index is 13.2. The molecule has 0 unspecified atom stereocenters. The monoisotopic (exact) mass is 372 g/mol. The van der Waals surface area contributed by atoms with E-state index < -0.39 is 0 Å². The Morgan fingerprint density at radius 3 is 2.36 bits per heavy atom. The molecule has 0 spiro atoms. The van der Waals surface area contributed by atoms with E-state index in [0.717, 1.165) is 26.9 Å². The lowest BCUT2D eigenvalue weighted by atomic mass is 10.1. The number of esters is 1. The lowest BCUT2D eigenvalue weighted by molar-refractivity contribution is -0.680. The molecular formula is C23H20N2O3. The van der Waals surface area contributed by atoms with Crippen molar-refractivity contribution in [2.24, 2.45) is 0 Å². The van der Waals surface area contributed by atoms with Crippen molar-refractivity contribution in [1.29, 1.82) is 0 Å². The molecule has 5 nitrogen and oxygen atoms in total. The van der Waals surface area contributed by atoms with Crippen LogP contribution >= 0.6 is 0 Å². The summed E-state index contributed by atoms with van der Waals surface area (Å²) in [7, 11) is 0. The second-order valence-electron chi connectivity index (χ2n) is 6.48. The minimum atomic E-state index is -0.365. The first-order valence-corrected chi connectivity index (χ1v) is 9.21. The topological polar surface area (TPSA) is 58.2 Å². The molecule has 0 aliphatic carbocycles. The first-order chi connectivity index (χ1) is 13.7. The van der Waals surface area contributed by atoms with Crippen molar-refractivity contribution in [2.45, 2.75) is 13.5 Å². The molecule has 28 heavy (non-hydrogen) atoms. The summed E-state index contributed by atoms with van der Waals surface area (Å²) < 4.78 is 6.75. The van der Waals surface area contributed by atoms with Gasteiger partial charge in [-0.1, -0.05) is 47.3 Å². The van der Waals surface area contributed by atoms with Crippen LogP contribution in [-0.2, 0) is 11.3 Å². The number of hydrogen-bond donors (Lipinski definition) is 0. The van der Waals surface area contributed by atoms with Crippen molar-refractivity contribution in [2.75, 3.05) is 6.61 Å². The largest absolute Gasteiger partial charge is 0.595 e. The van der Waals surface area contributed by atoms with Crippen molar-refractivity contribution in [1.82, 2.24) is 4.68 Å². The van der Waals surface area contributed by atoms with E-state index in [0.29, 0.717) is 24.4 Å². The van der Waals surface area contributed by atoms with Gasteiger partial charge in [-0.05, 0) is 48.9 Å². The predicted molar refractivity (Wildman–Crippen MR) is 108 cm³/mol. The van der Waals surface area contributed by atoms with Gasteiger partial charge in [0.15, 0.2) is 0 Å². The zero-order valence-corrected chi connectivity index (χ0v) is 15.5. The molecule has 4 rings (SSSR count). The third-order valence-electron chi connectivity index (χ3n) is 4.69. The Balaban J connectivity index is 1.79. The highest BCUT2D eigenvalue weighted by Crippen LogP contribution is 2.27. The summed E-state index contributed by atoms with van der Waals surface area (Å²) in [5, 5.41) is 14.1. The average Bonchev–Trinajstić information content (AvgIpc) is 3.01. The van der Waals surface area contributed by atoms with E-state index in [9.17, 15) is 10.0 Å². The van der Waals surface area contributed by atoms with Gasteiger partial charge in [-0.15, -0.1) is 4.68 Å². The smallest absolute Gasteiger partial charge is 0.338 e. The molecule has 140 valence electrons. The van der Waals surface area contributed by atoms with Crippen molar-refractivity contribution in [3.63, 3.8) is 0 Å². The Hall–Kier alpha value is -3.60. The van der Waals surface area contributed by atoms with Gasteiger partial charge in [-0.3, -0.25) is 0 Å². The summed E-state index contributed by atoms with van der Waals surface area (Å²) >= 11 is 0. The van der Waals surface area contributed by atoms with Crippen LogP contribution in [0.2, 0.25) is 0 Å². The molecule has 1 heterocycles. The van der Waals surface area contributed by atoms with E-state index in [1.165, 1.54) is 0 Å². The zero-order valence-electron chi connectivity index (χ0n) is 15.5. The number of aromatic nitrogens is 2. The van der Waals surface area contributed by atoms with Crippen LogP contribution in [0, 0.1) is 5.21 Å². The summed E-state index contributed by atoms with van der Waals surface area (Å²) in [5.74, 6) is -0.365. The number of benzene rings is 3. The summed E-state index contributed by atoms with van der Waals surface area (Å²) in [6.45, 7) is 2.58. The van der Waals surface area contributed by atoms with E-state index in [1.807, 2.05) is 54.6 Å². The summed E-state index contributed by atoms with van der Waals surface area (Å²) in [5.41, 5.74) is 3.71. The first kappa shape index (κ1) is 17.8. The SMILES string of the molecule is CCOC(=O)c1ccc(-c2c3ccccc3n(Cc3ccccc3)[n+]2[O-])cc1. The number of carbonyl (C=O) groups is 1. The van der Waals surface area contributed by atoms with Crippen LogP contribution in [0.15, 0.2) is 78.9 Å². The Kier molecular flexibility index (Phi) is 4.81. The van der Waals surface area contributed by atoms with E-state index in [4.69, 9.17) is 4.74 Å². The molecular weight excluding hydrogens is 352 g/mol. The third kappa shape index (κ3) is 3.22. The molecule has 5 heteroatoms. The molecule has 0 atom stereocenters. The van der Waals surface area contributed by atoms with Crippen molar-refractivity contribution in [3.8, 4) is 11.3 Å². The fourth-order valence-electron chi connectivity index (χ4n) is 3.37. The van der Waals surface area contributed by atoms with Gasteiger partial charge in [0.2, 0.25) is 0 Å². The van der Waals surface area contributed by atoms with Crippen LogP contribution in [0.3, 0.4) is 0 Å². The molecule has 4 aromatic rings. The maximum atomic E-state index is 13.2. The third-order valence-corrected chi connectivity index (χ3v) is 4.69. The summed E-state index contributed by atoms with van der Waals surface area (Å²) in [6.07, 6.45) is 0. The van der Waals surface area contributed by atoms with E-state index in [1.54, 1.807) is 35.9 Å². The fourth-order valence-corrected chi connectivity index (χ4v) is 3.37. The van der Waals surface area contributed by atoms with Gasteiger partial charge in [0, 0.05) is 0 Å². The van der Waals surface area contributed by atoms with Crippen LogP contribution < -0.4 is 4.85 Å². The first-order valence-electron chi connectivity index (χ1n) is 9.21. The van der Waals surface area contributed by atoms with Gasteiger partial charge in [-0.25, -0.2) is 4.79 Å². The average molecular weight is 372 g/mol. The number of nitrogens with zero attached hydrogens (tertiary/aromatic N) is 2. The number of ether oxygens (including phenoxy) is 1. The molecule has 1 aromatic heterocycles. The highest BCUT2D eigenvalue weighted by atomic mass is 16.5. The Morgan fingerprint density at radius 2 is 1.64 bits per heavy atom. The van der Waals surface area contributed by atoms with Crippen molar-refractivity contribution >= 4 is 16.9 Å². The Bertz CT molecular complexity index is 1120. The predicted octanol–water partition coefficient (Wildman–Crippen LogP) is 4.17. The number of rotatable bonds is 5. The van der Waals surface area contributed by atoms with Crippen LogP contribution in [0.5, 0.6) is 0 Å². The van der Waals surface area contributed by atoms with Crippen molar-refractivity contribution < 1.29 is 14.4 Å². The van der Waals surface area contributed by atoms with E-state index >= 15 is 0 Å². The normalized spacial score (nSPS) is 10.9. The highest BCUT2D eigenvalue weighted by Gasteiger charge is 2.23. The molecule has 0 amide bonds. The lowest BCUT2D eigenvalue weighted by Gasteiger charge is -2.07. The standard InChI is InChI=1S/C23H20N2O3/c1-2-28-23(26)19-14-12-18(13-15-19)22-20-10-6-7-11-21(20)24(25(22)27)16-17-8-4-3-5-9-17/h3-15H,2,16H2,1H3. The quantitative estimate of drug-likeness (QED) is 0.300. The van der Waals surface area contributed by atoms with Gasteiger partial charge in [0.1, 0.15) is 12.1 Å². The summed E-state index contributed by atoms with van der Waals surface area (Å²) in [4.78, 5) is 12.8. The molecule has 0 saturated carbocycles. The minimum absolute atomic E-state index is 0.327. The van der Waals surface area contributed by atoms with Gasteiger partial charge >= 0.3 is 5.97 Å². The van der Waals surface area contributed by atoms with Crippen LogP contribution in [0.25, 0.3) is 22.2 Å². The van der Waals surface area contributed by atoms with Crippen LogP contribution in [0.4, 0.5) is 0 Å². The molecule has 0 fully saturated rings. The lowest BCUT2D eigenvalue weighted by Crippen LogP contribution is -2.39. The van der Waals surface area contributed by atoms with Gasteiger partial charge in [0.05, 0.1) is 23.1 Å². The molecule has 0 bridgehead atoms. The van der Waals surface area contributed by atoms with E-state index in [-0.39, 0.29) is 5.97 Å². The molecule has 0 radical (unpaired) electrons. The van der Waals surface area contributed by atoms with Gasteiger partial charge < -0.3 is 9.94 Å². The van der Waals surface area contributed by atoms with Gasteiger partial charge in [-0.2, -0.15) is 0 Å². The van der Waals surface area contributed by atoms with Crippen LogP contribution in [0.1, 0.15) is 22.8 Å². The summed E-state index contributed by atoms with van der Waals surface area (Å²) in [6, 6.07) is 24.6. The molecule has 0 aliphatic heterocycles. The van der Waals surface area contributed by atoms with Gasteiger partial charge in [0.25, 0.3) is 5.69 Å². The number of para-hydroxylation sites is 1. The number of carbonyl (C=O) groups excluding carboxylic acids is 1. The van der Waals surface area contributed by atoms with Crippen LogP contribution in [-0.4, -0.2) is 17.3 Å². The molecule has 0 saturated heterocycles. The zero-order chi connectivity index (χ0) is 19.5. The fraction of sp³-hybridized carbons (Fsp3) is 0.130. The highest BCUT2D eigenvalue weighted by molar-refractivity contribution is 5.93. The Morgan fingerprint density at radius 1 is 0.964 bits per heavy atom. The van der Waals surface area contributed by atoms with Crippen molar-refractivity contribution in [3.05, 3.63) is 95.2 Å². The second kappa shape index (κ2) is 7.56. The Labute approximate surface area is 163 Å². The molecule has 0 N–H and O–H groups in total. The molecule has 0 aliphatic rings.